The van der Waals surface area contributed by atoms with Gasteiger partial charge >= 0.3 is 0 Å². The number of aromatic nitrogens is 5. The third-order valence-electron chi connectivity index (χ3n) is 24.8. The minimum atomic E-state index is 0.858. The van der Waals surface area contributed by atoms with Crippen molar-refractivity contribution in [3.8, 4) is 95.9 Å². The molecule has 8 nitrogen and oxygen atoms in total. The molecule has 0 radical (unpaired) electrons. The molecular weight excluding hydrogens is 1450 g/mol. The molecule has 2 aliphatic rings. The van der Waals surface area contributed by atoms with Gasteiger partial charge in [0.05, 0.1) is 66.5 Å². The van der Waals surface area contributed by atoms with Gasteiger partial charge in [0.15, 0.2) is 23.0 Å². The number of thiophene rings is 1. The summed E-state index contributed by atoms with van der Waals surface area (Å²) < 4.78 is 34.0. The van der Waals surface area contributed by atoms with Crippen molar-refractivity contribution in [3.63, 3.8) is 0 Å². The molecule has 0 saturated carbocycles. The van der Waals surface area contributed by atoms with Crippen LogP contribution < -0.4 is 9.47 Å². The van der Waals surface area contributed by atoms with E-state index in [1.54, 1.807) is 0 Å². The van der Waals surface area contributed by atoms with Crippen molar-refractivity contribution in [1.82, 2.24) is 22.8 Å². The van der Waals surface area contributed by atoms with E-state index in [9.17, 15) is 0 Å². The van der Waals surface area contributed by atoms with Crippen LogP contribution in [0.1, 0.15) is 0 Å². The van der Waals surface area contributed by atoms with Gasteiger partial charge in [-0.15, -0.1) is 11.3 Å². The van der Waals surface area contributed by atoms with Crippen molar-refractivity contribution in [3.05, 3.63) is 382 Å². The van der Waals surface area contributed by atoms with Gasteiger partial charge < -0.3 is 36.7 Å². The van der Waals surface area contributed by atoms with Crippen LogP contribution in [-0.2, 0) is 0 Å². The first kappa shape index (κ1) is 64.1. The molecule has 0 amide bonds. The lowest BCUT2D eigenvalue weighted by atomic mass is 9.98. The second kappa shape index (κ2) is 24.5. The van der Waals surface area contributed by atoms with E-state index in [1.807, 2.05) is 23.5 Å². The standard InChI is InChI=1S/C60H35N3O2.C48H28N2OS/c1-7-19-52-42(11-1)46-16-10-22-58-60(46)63(52)59-41(15-9-21-57(59)65-58)36-23-27-39(28-24-36)61-50-17-5-2-12-43(50)47-33-37(25-30-53(47)61)38-26-31-54-48(34-38)44-13-3-6-18-51(44)62(54)40-29-32-56-49(35-40)45-14-4-8-20-55(45)64-56;1-5-17-40-34(10-1)36-15-8-19-43-48(36)50(40)47-33(14-7-18-42(47)51-43)29-22-25-31(26-23-29)49-39-16-4-2-11-35(39)38-28-30(24-27-41(38)49)32-13-9-21-45-46(32)37-12-3-6-20-44(37)52-45/h1-35H;1-28H. The number of rotatable bonds is 7. The Morgan fingerprint density at radius 2 is 0.547 bits per heavy atom. The highest BCUT2D eigenvalue weighted by atomic mass is 32.1. The predicted octanol–water partition coefficient (Wildman–Crippen LogP) is 30.0. The van der Waals surface area contributed by atoms with Gasteiger partial charge in [0.2, 0.25) is 0 Å². The molecule has 0 atom stereocenters. The van der Waals surface area contributed by atoms with Crippen LogP contribution in [0.25, 0.3) is 224 Å². The molecule has 9 heterocycles. The van der Waals surface area contributed by atoms with E-state index >= 15 is 0 Å². The molecule has 0 N–H and O–H groups in total. The summed E-state index contributed by atoms with van der Waals surface area (Å²) in [6.07, 6.45) is 0. The summed E-state index contributed by atoms with van der Waals surface area (Å²) >= 11 is 1.87. The van der Waals surface area contributed by atoms with Crippen LogP contribution in [0.15, 0.2) is 387 Å². The van der Waals surface area contributed by atoms with Crippen LogP contribution in [0.4, 0.5) is 0 Å². The van der Waals surface area contributed by atoms with E-state index in [-0.39, 0.29) is 0 Å². The van der Waals surface area contributed by atoms with Crippen LogP contribution in [0.3, 0.4) is 0 Å². The molecule has 544 valence electrons. The molecule has 18 aromatic carbocycles. The summed E-state index contributed by atoms with van der Waals surface area (Å²) in [6, 6.07) is 138. The minimum absolute atomic E-state index is 0.858. The SMILES string of the molecule is c1cc2c(c(-c3ccc(-n4c5ccccc5c5cc(-c6ccc7c(c6)c6ccccc6n7-c6ccc7oc8ccccc8c7c6)ccc54)cc3)c1)-n1c3ccccc3c3cccc(c31)O2.c1cc2c(c(-c3ccc(-n4c5ccccc5c5cc(-c6cccc7sc8ccccc8c67)ccc54)cc3)c1)-n1c3ccccc3c3cccc(c31)O2. The van der Waals surface area contributed by atoms with Gasteiger partial charge in [0.1, 0.15) is 11.2 Å². The monoisotopic (exact) mass is 1510 g/mol. The van der Waals surface area contributed by atoms with Crippen LogP contribution >= 0.6 is 11.3 Å². The van der Waals surface area contributed by atoms with E-state index in [0.29, 0.717) is 0 Å². The van der Waals surface area contributed by atoms with Gasteiger partial charge in [-0.05, 0) is 185 Å². The zero-order chi connectivity index (χ0) is 76.2. The molecule has 0 bridgehead atoms. The zero-order valence-electron chi connectivity index (χ0n) is 62.7. The van der Waals surface area contributed by atoms with Gasteiger partial charge in [-0.25, -0.2) is 0 Å². The Hall–Kier alpha value is -15.4. The van der Waals surface area contributed by atoms with Crippen molar-refractivity contribution in [2.75, 3.05) is 0 Å². The van der Waals surface area contributed by atoms with Crippen molar-refractivity contribution in [1.29, 1.82) is 0 Å². The summed E-state index contributed by atoms with van der Waals surface area (Å²) in [4.78, 5) is 0. The lowest BCUT2D eigenvalue weighted by molar-refractivity contribution is 0.476. The molecule has 25 aromatic rings. The van der Waals surface area contributed by atoms with Crippen molar-refractivity contribution >= 4 is 162 Å². The summed E-state index contributed by atoms with van der Waals surface area (Å²) in [6.45, 7) is 0. The van der Waals surface area contributed by atoms with Crippen LogP contribution in [0, 0.1) is 0 Å². The second-order valence-electron chi connectivity index (χ2n) is 30.9. The van der Waals surface area contributed by atoms with Crippen molar-refractivity contribution < 1.29 is 13.9 Å². The Morgan fingerprint density at radius 1 is 0.197 bits per heavy atom. The average molecular weight is 1510 g/mol. The number of ether oxygens (including phenoxy) is 2. The van der Waals surface area contributed by atoms with Crippen LogP contribution in [-0.4, -0.2) is 22.8 Å². The highest BCUT2D eigenvalue weighted by Crippen LogP contribution is 2.52. The van der Waals surface area contributed by atoms with Gasteiger partial charge in [-0.3, -0.25) is 0 Å². The quantitative estimate of drug-likeness (QED) is 0.160. The summed E-state index contributed by atoms with van der Waals surface area (Å²) in [5.74, 6) is 3.50. The minimum Gasteiger partial charge on any atom is -0.456 e. The van der Waals surface area contributed by atoms with Gasteiger partial charge in [0, 0.05) is 113 Å². The molecule has 0 aliphatic carbocycles. The fraction of sp³-hybridized carbons (Fsp3) is 0. The molecule has 0 unspecified atom stereocenters. The van der Waals surface area contributed by atoms with Gasteiger partial charge in [0.25, 0.3) is 0 Å². The molecule has 0 saturated heterocycles. The maximum absolute atomic E-state index is 6.61. The fourth-order valence-electron chi connectivity index (χ4n) is 19.7. The van der Waals surface area contributed by atoms with Crippen molar-refractivity contribution in [2.45, 2.75) is 0 Å². The third kappa shape index (κ3) is 9.34. The Bertz CT molecular complexity index is 8590. The zero-order valence-corrected chi connectivity index (χ0v) is 63.6. The van der Waals surface area contributed by atoms with E-state index in [2.05, 4.69) is 393 Å². The molecule has 9 heteroatoms. The Morgan fingerprint density at radius 3 is 1.07 bits per heavy atom. The highest BCUT2D eigenvalue weighted by Gasteiger charge is 2.30. The van der Waals surface area contributed by atoms with Gasteiger partial charge in [-0.2, -0.15) is 0 Å². The number of benzene rings is 18. The first-order valence-electron chi connectivity index (χ1n) is 39.8. The molecule has 27 rings (SSSR count). The maximum Gasteiger partial charge on any atom is 0.152 e. The van der Waals surface area contributed by atoms with Crippen LogP contribution in [0.2, 0.25) is 0 Å². The summed E-state index contributed by atoms with van der Waals surface area (Å²) in [7, 11) is 0. The molecule has 7 aromatic heterocycles. The molecule has 117 heavy (non-hydrogen) atoms. The van der Waals surface area contributed by atoms with E-state index in [1.165, 1.54) is 140 Å². The lowest BCUT2D eigenvalue weighted by Crippen LogP contribution is -2.06. The number of para-hydroxylation sites is 10. The third-order valence-corrected chi connectivity index (χ3v) is 25.9. The largest absolute Gasteiger partial charge is 0.456 e. The van der Waals surface area contributed by atoms with Gasteiger partial charge in [-0.1, -0.05) is 231 Å². The predicted molar refractivity (Wildman–Crippen MR) is 487 cm³/mol. The fourth-order valence-corrected chi connectivity index (χ4v) is 20.8. The lowest BCUT2D eigenvalue weighted by Gasteiger charge is -2.23. The first-order valence-corrected chi connectivity index (χ1v) is 40.7. The maximum atomic E-state index is 6.61. The number of fused-ring (bicyclic) bond motifs is 25. The van der Waals surface area contributed by atoms with Crippen LogP contribution in [0.5, 0.6) is 23.0 Å². The van der Waals surface area contributed by atoms with E-state index < -0.39 is 0 Å². The Kier molecular flexibility index (Phi) is 13.5. The number of hydrogen-bond acceptors (Lipinski definition) is 4. The molecule has 0 fully saturated rings. The topological polar surface area (TPSA) is 56.2 Å². The Balaban J connectivity index is 0.000000131. The molecular formula is C108H63N5O3S. The highest BCUT2D eigenvalue weighted by molar-refractivity contribution is 7.26. The van der Waals surface area contributed by atoms with E-state index in [4.69, 9.17) is 13.9 Å². The smallest absolute Gasteiger partial charge is 0.152 e. The summed E-state index contributed by atoms with van der Waals surface area (Å²) in [5.41, 5.74) is 28.5. The number of hydrogen-bond donors (Lipinski definition) is 0. The molecule has 0 spiro atoms. The normalized spacial score (nSPS) is 12.4. The number of nitrogens with zero attached hydrogens (tertiary/aromatic N) is 5. The van der Waals surface area contributed by atoms with E-state index in [0.717, 1.165) is 107 Å². The summed E-state index contributed by atoms with van der Waals surface area (Å²) in [5, 5.41) is 17.2. The average Bonchev–Trinajstić information content (AvgIpc) is 1.42. The Labute approximate surface area is 672 Å². The number of furan rings is 1. The molecule has 2 aliphatic heterocycles. The van der Waals surface area contributed by atoms with Crippen molar-refractivity contribution in [2.24, 2.45) is 0 Å². The second-order valence-corrected chi connectivity index (χ2v) is 32.0. The first-order chi connectivity index (χ1) is 58.0.